The van der Waals surface area contributed by atoms with E-state index in [0.717, 1.165) is 45.4 Å². The van der Waals surface area contributed by atoms with Crippen LogP contribution in [-0.2, 0) is 14.3 Å². The van der Waals surface area contributed by atoms with Crippen molar-refractivity contribution in [3.63, 3.8) is 0 Å². The van der Waals surface area contributed by atoms with Gasteiger partial charge in [-0.3, -0.25) is 14.7 Å². The van der Waals surface area contributed by atoms with Crippen LogP contribution in [0.1, 0.15) is 27.2 Å². The van der Waals surface area contributed by atoms with Crippen molar-refractivity contribution in [1.82, 2.24) is 15.5 Å². The topological polar surface area (TPSA) is 75.2 Å². The highest BCUT2D eigenvalue weighted by molar-refractivity contribution is 5.80. The summed E-state index contributed by atoms with van der Waals surface area (Å²) in [6.07, 6.45) is 0.331. The summed E-state index contributed by atoms with van der Waals surface area (Å²) in [5.74, 6) is 1.05. The second-order valence-electron chi connectivity index (χ2n) is 5.93. The average Bonchev–Trinajstić information content (AvgIpc) is 2.55. The second kappa shape index (κ2) is 11.2. The van der Waals surface area contributed by atoms with Crippen LogP contribution in [-0.4, -0.2) is 75.9 Å². The fourth-order valence-electron chi connectivity index (χ4n) is 2.57. The molecule has 7 heteroatoms. The predicted molar refractivity (Wildman–Crippen MR) is 91.6 cm³/mol. The second-order valence-corrected chi connectivity index (χ2v) is 5.93. The Morgan fingerprint density at radius 1 is 1.30 bits per heavy atom. The van der Waals surface area contributed by atoms with Gasteiger partial charge in [0.2, 0.25) is 0 Å². The van der Waals surface area contributed by atoms with E-state index in [1.807, 2.05) is 6.92 Å². The molecule has 134 valence electrons. The van der Waals surface area contributed by atoms with Gasteiger partial charge in [0.25, 0.3) is 0 Å². The first-order chi connectivity index (χ1) is 11.1. The molecule has 1 fully saturated rings. The number of methoxy groups -OCH3 is 1. The molecule has 0 radical (unpaired) electrons. The molecule has 23 heavy (non-hydrogen) atoms. The Kier molecular flexibility index (Phi) is 9.63. The van der Waals surface area contributed by atoms with Crippen molar-refractivity contribution in [2.75, 3.05) is 53.0 Å². The molecule has 1 atom stereocenters. The fraction of sp³-hybridized carbons (Fsp3) is 0.875. The Balaban J connectivity index is 2.55. The molecule has 7 nitrogen and oxygen atoms in total. The average molecular weight is 328 g/mol. The van der Waals surface area contributed by atoms with Gasteiger partial charge in [0.15, 0.2) is 5.96 Å². The van der Waals surface area contributed by atoms with Gasteiger partial charge in [-0.25, -0.2) is 0 Å². The minimum atomic E-state index is -0.221. The molecular weight excluding hydrogens is 296 g/mol. The number of guanidine groups is 1. The summed E-state index contributed by atoms with van der Waals surface area (Å²) in [6.45, 7) is 12.0. The van der Waals surface area contributed by atoms with Gasteiger partial charge in [0.1, 0.15) is 0 Å². The van der Waals surface area contributed by atoms with Gasteiger partial charge >= 0.3 is 5.97 Å². The number of carbonyl (C=O) groups is 1. The van der Waals surface area contributed by atoms with Gasteiger partial charge in [-0.2, -0.15) is 0 Å². The molecule has 0 aromatic rings. The van der Waals surface area contributed by atoms with Crippen LogP contribution in [0, 0.1) is 5.92 Å². The van der Waals surface area contributed by atoms with Gasteiger partial charge in [0.05, 0.1) is 33.3 Å². The molecule has 1 heterocycles. The summed E-state index contributed by atoms with van der Waals surface area (Å²) in [5.41, 5.74) is 0. The van der Waals surface area contributed by atoms with Crippen molar-refractivity contribution < 1.29 is 14.3 Å². The number of esters is 1. The van der Waals surface area contributed by atoms with Crippen LogP contribution in [0.4, 0.5) is 0 Å². The highest BCUT2D eigenvalue weighted by Gasteiger charge is 2.23. The SMILES string of the molecule is CCNC(=NCC(C(C)C)N1CCOCC1)NCCC(=O)OC. The first kappa shape index (κ1) is 19.7. The molecule has 1 rings (SSSR count). The third-order valence-electron chi connectivity index (χ3n) is 3.91. The van der Waals surface area contributed by atoms with E-state index in [2.05, 4.69) is 34.1 Å². The highest BCUT2D eigenvalue weighted by Crippen LogP contribution is 2.13. The maximum atomic E-state index is 11.2. The van der Waals surface area contributed by atoms with E-state index in [1.165, 1.54) is 7.11 Å². The molecule has 0 spiro atoms. The van der Waals surface area contributed by atoms with E-state index in [4.69, 9.17) is 9.73 Å². The number of rotatable bonds is 8. The van der Waals surface area contributed by atoms with Crippen molar-refractivity contribution in [3.8, 4) is 0 Å². The van der Waals surface area contributed by atoms with Crippen LogP contribution in [0.3, 0.4) is 0 Å². The number of nitrogens with zero attached hydrogens (tertiary/aromatic N) is 2. The first-order valence-electron chi connectivity index (χ1n) is 8.49. The molecule has 1 saturated heterocycles. The van der Waals surface area contributed by atoms with E-state index in [0.29, 0.717) is 24.9 Å². The lowest BCUT2D eigenvalue weighted by molar-refractivity contribution is -0.140. The van der Waals surface area contributed by atoms with E-state index in [9.17, 15) is 4.79 Å². The highest BCUT2D eigenvalue weighted by atomic mass is 16.5. The third-order valence-corrected chi connectivity index (χ3v) is 3.91. The molecule has 0 aromatic carbocycles. The zero-order valence-electron chi connectivity index (χ0n) is 14.9. The number of hydrogen-bond donors (Lipinski definition) is 2. The summed E-state index contributed by atoms with van der Waals surface area (Å²) >= 11 is 0. The summed E-state index contributed by atoms with van der Waals surface area (Å²) in [4.78, 5) is 18.3. The van der Waals surface area contributed by atoms with Crippen LogP contribution in [0.25, 0.3) is 0 Å². The summed E-state index contributed by atoms with van der Waals surface area (Å²) in [5, 5.41) is 6.39. The van der Waals surface area contributed by atoms with Crippen LogP contribution >= 0.6 is 0 Å². The molecule has 1 unspecified atom stereocenters. The number of morpholine rings is 1. The van der Waals surface area contributed by atoms with Crippen LogP contribution in [0.2, 0.25) is 0 Å². The zero-order chi connectivity index (χ0) is 17.1. The Bertz CT molecular complexity index is 368. The number of carbonyl (C=O) groups excluding carboxylic acids is 1. The molecule has 1 aliphatic rings. The van der Waals surface area contributed by atoms with Crippen molar-refractivity contribution in [1.29, 1.82) is 0 Å². The lowest BCUT2D eigenvalue weighted by Crippen LogP contribution is -2.48. The maximum Gasteiger partial charge on any atom is 0.307 e. The Morgan fingerprint density at radius 3 is 2.57 bits per heavy atom. The lowest BCUT2D eigenvalue weighted by atomic mass is 10.0. The van der Waals surface area contributed by atoms with Crippen LogP contribution in [0.15, 0.2) is 4.99 Å². The van der Waals surface area contributed by atoms with E-state index in [-0.39, 0.29) is 5.97 Å². The predicted octanol–water partition coefficient (Wildman–Crippen LogP) is 0.461. The molecule has 2 N–H and O–H groups in total. The summed E-state index contributed by atoms with van der Waals surface area (Å²) < 4.78 is 10.1. The minimum Gasteiger partial charge on any atom is -0.469 e. The zero-order valence-corrected chi connectivity index (χ0v) is 14.9. The normalized spacial score (nSPS) is 17.9. The van der Waals surface area contributed by atoms with Crippen molar-refractivity contribution >= 4 is 11.9 Å². The Labute approximate surface area is 139 Å². The monoisotopic (exact) mass is 328 g/mol. The number of hydrogen-bond acceptors (Lipinski definition) is 5. The van der Waals surface area contributed by atoms with Crippen molar-refractivity contribution in [2.24, 2.45) is 10.9 Å². The summed E-state index contributed by atoms with van der Waals surface area (Å²) in [7, 11) is 1.40. The van der Waals surface area contributed by atoms with Crippen LogP contribution < -0.4 is 10.6 Å². The molecule has 1 aliphatic heterocycles. The number of ether oxygens (including phenoxy) is 2. The van der Waals surface area contributed by atoms with Gasteiger partial charge in [-0.1, -0.05) is 13.8 Å². The van der Waals surface area contributed by atoms with Gasteiger partial charge in [-0.05, 0) is 12.8 Å². The maximum absolute atomic E-state index is 11.2. The van der Waals surface area contributed by atoms with Gasteiger partial charge in [0, 0.05) is 32.2 Å². The quantitative estimate of drug-likeness (QED) is 0.383. The Morgan fingerprint density at radius 2 is 2.00 bits per heavy atom. The van der Waals surface area contributed by atoms with Crippen molar-refractivity contribution in [2.45, 2.75) is 33.2 Å². The number of aliphatic imine (C=N–C) groups is 1. The molecule has 0 bridgehead atoms. The minimum absolute atomic E-state index is 0.221. The smallest absolute Gasteiger partial charge is 0.307 e. The number of nitrogens with one attached hydrogen (secondary N) is 2. The van der Waals surface area contributed by atoms with Crippen molar-refractivity contribution in [3.05, 3.63) is 0 Å². The molecule has 0 saturated carbocycles. The Hall–Kier alpha value is -1.34. The largest absolute Gasteiger partial charge is 0.469 e. The van der Waals surface area contributed by atoms with Crippen LogP contribution in [0.5, 0.6) is 0 Å². The van der Waals surface area contributed by atoms with Gasteiger partial charge < -0.3 is 20.1 Å². The van der Waals surface area contributed by atoms with E-state index < -0.39 is 0 Å². The van der Waals surface area contributed by atoms with E-state index in [1.54, 1.807) is 0 Å². The molecule has 0 amide bonds. The molecular formula is C16H32N4O3. The molecule has 0 aromatic heterocycles. The summed E-state index contributed by atoms with van der Waals surface area (Å²) in [6, 6.07) is 0.398. The van der Waals surface area contributed by atoms with E-state index >= 15 is 0 Å². The third kappa shape index (κ3) is 7.65. The lowest BCUT2D eigenvalue weighted by Gasteiger charge is -2.36. The van der Waals surface area contributed by atoms with Gasteiger partial charge in [-0.15, -0.1) is 0 Å². The first-order valence-corrected chi connectivity index (χ1v) is 8.49. The fourth-order valence-corrected chi connectivity index (χ4v) is 2.57. The standard InChI is InChI=1S/C16H32N4O3/c1-5-17-16(18-7-6-15(21)22-4)19-12-14(13(2)3)20-8-10-23-11-9-20/h13-14H,5-12H2,1-4H3,(H2,17,18,19). The molecule has 0 aliphatic carbocycles.